The molecule has 0 unspecified atom stereocenters. The van der Waals surface area contributed by atoms with Gasteiger partial charge in [0.15, 0.2) is 0 Å². The average molecular weight is 227 g/mol. The number of hydrogen-bond acceptors (Lipinski definition) is 3. The van der Waals surface area contributed by atoms with Crippen molar-refractivity contribution in [2.45, 2.75) is 19.0 Å². The van der Waals surface area contributed by atoms with Crippen LogP contribution in [0, 0.1) is 0 Å². The summed E-state index contributed by atoms with van der Waals surface area (Å²) in [4.78, 5) is 6.90. The molecule has 0 bridgehead atoms. The molecule has 1 aromatic heterocycles. The lowest BCUT2D eigenvalue weighted by Crippen LogP contribution is -2.26. The van der Waals surface area contributed by atoms with Crippen LogP contribution in [0.25, 0.3) is 10.9 Å². The molecule has 0 aliphatic carbocycles. The largest absolute Gasteiger partial charge is 0.326 e. The molecule has 3 nitrogen and oxygen atoms in total. The van der Waals surface area contributed by atoms with E-state index in [4.69, 9.17) is 5.73 Å². The fourth-order valence-electron chi connectivity index (χ4n) is 2.54. The lowest BCUT2D eigenvalue weighted by atomic mass is 10.1. The molecule has 3 heteroatoms. The maximum atomic E-state index is 5.93. The maximum Gasteiger partial charge on any atom is 0.0746 e. The molecule has 0 radical (unpaired) electrons. The molecule has 1 aliphatic heterocycles. The number of benzene rings is 1. The van der Waals surface area contributed by atoms with Crippen molar-refractivity contribution in [3.05, 3.63) is 42.1 Å². The minimum atomic E-state index is 0.345. The number of fused-ring (bicyclic) bond motifs is 1. The van der Waals surface area contributed by atoms with Gasteiger partial charge < -0.3 is 5.73 Å². The van der Waals surface area contributed by atoms with E-state index in [2.05, 4.69) is 34.1 Å². The number of pyridine rings is 1. The van der Waals surface area contributed by atoms with Gasteiger partial charge in [0.05, 0.1) is 5.52 Å². The van der Waals surface area contributed by atoms with Gasteiger partial charge in [-0.25, -0.2) is 0 Å². The number of aromatic nitrogens is 1. The summed E-state index contributed by atoms with van der Waals surface area (Å²) < 4.78 is 0. The third-order valence-corrected chi connectivity index (χ3v) is 3.42. The summed E-state index contributed by atoms with van der Waals surface area (Å²) in [5.41, 5.74) is 8.36. The monoisotopic (exact) mass is 227 g/mol. The summed E-state index contributed by atoms with van der Waals surface area (Å²) in [6.07, 6.45) is 2.97. The second-order valence-electron chi connectivity index (χ2n) is 4.78. The van der Waals surface area contributed by atoms with Crippen LogP contribution < -0.4 is 5.73 Å². The fraction of sp³-hybridized carbons (Fsp3) is 0.357. The van der Waals surface area contributed by atoms with E-state index < -0.39 is 0 Å². The fourth-order valence-corrected chi connectivity index (χ4v) is 2.54. The van der Waals surface area contributed by atoms with Crippen LogP contribution in [-0.4, -0.2) is 29.0 Å². The van der Waals surface area contributed by atoms with Gasteiger partial charge in [-0.3, -0.25) is 9.88 Å². The number of nitrogens with two attached hydrogens (primary N) is 1. The topological polar surface area (TPSA) is 42.1 Å². The van der Waals surface area contributed by atoms with Crippen molar-refractivity contribution >= 4 is 10.9 Å². The minimum absolute atomic E-state index is 0.345. The smallest absolute Gasteiger partial charge is 0.0746 e. The first-order valence-electron chi connectivity index (χ1n) is 6.13. The highest BCUT2D eigenvalue weighted by Crippen LogP contribution is 2.19. The summed E-state index contributed by atoms with van der Waals surface area (Å²) >= 11 is 0. The quantitative estimate of drug-likeness (QED) is 0.850. The SMILES string of the molecule is N[C@@H]1CCN(Cc2cccc3cccnc23)C1. The third-order valence-electron chi connectivity index (χ3n) is 3.42. The van der Waals surface area contributed by atoms with Crippen molar-refractivity contribution in [2.24, 2.45) is 5.73 Å². The molecule has 0 amide bonds. The summed E-state index contributed by atoms with van der Waals surface area (Å²) in [5, 5.41) is 1.22. The molecule has 0 spiro atoms. The van der Waals surface area contributed by atoms with Gasteiger partial charge in [0, 0.05) is 37.3 Å². The Morgan fingerprint density at radius 1 is 1.29 bits per heavy atom. The van der Waals surface area contributed by atoms with E-state index in [0.29, 0.717) is 6.04 Å². The molecule has 0 saturated carbocycles. The molecule has 3 rings (SSSR count). The van der Waals surface area contributed by atoms with Crippen LogP contribution in [-0.2, 0) is 6.54 Å². The van der Waals surface area contributed by atoms with Crippen molar-refractivity contribution in [1.82, 2.24) is 9.88 Å². The van der Waals surface area contributed by atoms with Crippen LogP contribution >= 0.6 is 0 Å². The molecule has 1 saturated heterocycles. The van der Waals surface area contributed by atoms with E-state index in [-0.39, 0.29) is 0 Å². The van der Waals surface area contributed by atoms with Crippen molar-refractivity contribution < 1.29 is 0 Å². The van der Waals surface area contributed by atoms with Crippen LogP contribution in [0.15, 0.2) is 36.5 Å². The van der Waals surface area contributed by atoms with Gasteiger partial charge in [-0.15, -0.1) is 0 Å². The molecule has 1 atom stereocenters. The van der Waals surface area contributed by atoms with E-state index in [9.17, 15) is 0 Å². The van der Waals surface area contributed by atoms with Gasteiger partial charge in [-0.1, -0.05) is 24.3 Å². The highest BCUT2D eigenvalue weighted by molar-refractivity contribution is 5.81. The molecular formula is C14H17N3. The number of hydrogen-bond donors (Lipinski definition) is 1. The van der Waals surface area contributed by atoms with Crippen LogP contribution in [0.1, 0.15) is 12.0 Å². The predicted octanol–water partition coefficient (Wildman–Crippen LogP) is 1.77. The van der Waals surface area contributed by atoms with Crippen LogP contribution in [0.2, 0.25) is 0 Å². The normalized spacial score (nSPS) is 21.1. The molecule has 1 fully saturated rings. The summed E-state index contributed by atoms with van der Waals surface area (Å²) in [6.45, 7) is 3.07. The second kappa shape index (κ2) is 4.43. The Morgan fingerprint density at radius 3 is 3.00 bits per heavy atom. The van der Waals surface area contributed by atoms with E-state index in [1.165, 1.54) is 10.9 Å². The molecule has 2 heterocycles. The molecule has 2 aromatic rings. The van der Waals surface area contributed by atoms with Crippen LogP contribution in [0.4, 0.5) is 0 Å². The first kappa shape index (κ1) is 10.7. The molecule has 17 heavy (non-hydrogen) atoms. The van der Waals surface area contributed by atoms with Gasteiger partial charge >= 0.3 is 0 Å². The number of nitrogens with zero attached hydrogens (tertiary/aromatic N) is 2. The lowest BCUT2D eigenvalue weighted by Gasteiger charge is -2.16. The average Bonchev–Trinajstić information content (AvgIpc) is 2.75. The maximum absolute atomic E-state index is 5.93. The molecule has 2 N–H and O–H groups in total. The third kappa shape index (κ3) is 2.16. The Balaban J connectivity index is 1.90. The molecule has 1 aromatic carbocycles. The first-order valence-corrected chi connectivity index (χ1v) is 6.13. The van der Waals surface area contributed by atoms with E-state index in [1.54, 1.807) is 0 Å². The Labute approximate surface area is 101 Å². The van der Waals surface area contributed by atoms with Crippen molar-refractivity contribution in [1.29, 1.82) is 0 Å². The Morgan fingerprint density at radius 2 is 2.18 bits per heavy atom. The van der Waals surface area contributed by atoms with E-state index in [0.717, 1.165) is 31.6 Å². The van der Waals surface area contributed by atoms with E-state index in [1.807, 2.05) is 12.3 Å². The first-order chi connectivity index (χ1) is 8.33. The number of likely N-dealkylation sites (tertiary alicyclic amines) is 1. The Bertz CT molecular complexity index is 518. The standard InChI is InChI=1S/C14H17N3/c15-13-6-8-17(10-13)9-12-4-1-3-11-5-2-7-16-14(11)12/h1-5,7,13H,6,8-10,15H2/t13-/m1/s1. The van der Waals surface area contributed by atoms with Gasteiger partial charge in [0.2, 0.25) is 0 Å². The second-order valence-corrected chi connectivity index (χ2v) is 4.78. The van der Waals surface area contributed by atoms with Crippen LogP contribution in [0.3, 0.4) is 0 Å². The van der Waals surface area contributed by atoms with Gasteiger partial charge in [-0.2, -0.15) is 0 Å². The van der Waals surface area contributed by atoms with Gasteiger partial charge in [0.1, 0.15) is 0 Å². The van der Waals surface area contributed by atoms with Gasteiger partial charge in [0.25, 0.3) is 0 Å². The zero-order valence-electron chi connectivity index (χ0n) is 9.84. The highest BCUT2D eigenvalue weighted by atomic mass is 15.2. The lowest BCUT2D eigenvalue weighted by molar-refractivity contribution is 0.328. The number of para-hydroxylation sites is 1. The zero-order valence-corrected chi connectivity index (χ0v) is 9.84. The highest BCUT2D eigenvalue weighted by Gasteiger charge is 2.19. The summed E-state index contributed by atoms with van der Waals surface area (Å²) in [5.74, 6) is 0. The van der Waals surface area contributed by atoms with Crippen LogP contribution in [0.5, 0.6) is 0 Å². The number of rotatable bonds is 2. The predicted molar refractivity (Wildman–Crippen MR) is 69.6 cm³/mol. The molecule has 1 aliphatic rings. The Hall–Kier alpha value is -1.45. The Kier molecular flexibility index (Phi) is 2.79. The summed E-state index contributed by atoms with van der Waals surface area (Å²) in [7, 11) is 0. The molecular weight excluding hydrogens is 210 g/mol. The van der Waals surface area contributed by atoms with E-state index >= 15 is 0 Å². The zero-order chi connectivity index (χ0) is 11.7. The molecule has 88 valence electrons. The van der Waals surface area contributed by atoms with Gasteiger partial charge in [-0.05, 0) is 18.1 Å². The van der Waals surface area contributed by atoms with Crippen molar-refractivity contribution in [2.75, 3.05) is 13.1 Å². The summed E-state index contributed by atoms with van der Waals surface area (Å²) in [6, 6.07) is 10.8. The van der Waals surface area contributed by atoms with Crippen molar-refractivity contribution in [3.63, 3.8) is 0 Å². The van der Waals surface area contributed by atoms with Crippen molar-refractivity contribution in [3.8, 4) is 0 Å². The minimum Gasteiger partial charge on any atom is -0.326 e.